The number of pyridine rings is 1. The van der Waals surface area contributed by atoms with Crippen LogP contribution < -0.4 is 10.6 Å². The van der Waals surface area contributed by atoms with Crippen LogP contribution in [-0.4, -0.2) is 67.7 Å². The molecule has 1 atom stereocenters. The molecule has 1 saturated carbocycles. The number of nitrogens with two attached hydrogens (primary N) is 1. The van der Waals surface area contributed by atoms with Crippen LogP contribution in [0.15, 0.2) is 28.2 Å². The standard InChI is InChI=1S/C20H30N6/c1-25-8-10-26(11-9-25)19-6-2-5-17(23-19)18-14-22-20(24-18)16-12-15(13-16)4-3-7-21/h2,5-6,14-16,20H,3-4,7-13,21H2,1H3. The third kappa shape index (κ3) is 3.81. The van der Waals surface area contributed by atoms with E-state index in [1.54, 1.807) is 0 Å². The predicted molar refractivity (Wildman–Crippen MR) is 107 cm³/mol. The van der Waals surface area contributed by atoms with Crippen LogP contribution in [0.2, 0.25) is 0 Å². The van der Waals surface area contributed by atoms with E-state index in [1.807, 2.05) is 6.21 Å². The van der Waals surface area contributed by atoms with Crippen molar-refractivity contribution in [1.29, 1.82) is 0 Å². The van der Waals surface area contributed by atoms with Gasteiger partial charge in [-0.25, -0.2) is 4.98 Å². The van der Waals surface area contributed by atoms with E-state index in [-0.39, 0.29) is 6.17 Å². The first-order valence-corrected chi connectivity index (χ1v) is 9.95. The second kappa shape index (κ2) is 7.84. The van der Waals surface area contributed by atoms with Gasteiger partial charge in [-0.1, -0.05) is 6.07 Å². The van der Waals surface area contributed by atoms with Crippen LogP contribution in [0.4, 0.5) is 5.82 Å². The van der Waals surface area contributed by atoms with E-state index in [2.05, 4.69) is 40.0 Å². The summed E-state index contributed by atoms with van der Waals surface area (Å²) in [6.45, 7) is 5.04. The third-order valence-electron chi connectivity index (χ3n) is 5.96. The Morgan fingerprint density at radius 3 is 2.73 bits per heavy atom. The van der Waals surface area contributed by atoms with Crippen molar-refractivity contribution >= 4 is 17.7 Å². The van der Waals surface area contributed by atoms with Crippen molar-refractivity contribution in [3.63, 3.8) is 0 Å². The monoisotopic (exact) mass is 354 g/mol. The molecule has 140 valence electrons. The average Bonchev–Trinajstić information content (AvgIpc) is 3.11. The minimum absolute atomic E-state index is 0.105. The number of hydrogen-bond donors (Lipinski definition) is 1. The number of nitrogens with zero attached hydrogens (tertiary/aromatic N) is 5. The van der Waals surface area contributed by atoms with Crippen LogP contribution in [0.5, 0.6) is 0 Å². The largest absolute Gasteiger partial charge is 0.354 e. The SMILES string of the molecule is CN1CCN(c2cccc(C3=NC(C4CC(CCCN)C4)N=C3)n2)CC1. The lowest BCUT2D eigenvalue weighted by atomic mass is 9.71. The molecule has 1 aliphatic carbocycles. The van der Waals surface area contributed by atoms with Gasteiger partial charge < -0.3 is 15.5 Å². The minimum atomic E-state index is 0.105. The summed E-state index contributed by atoms with van der Waals surface area (Å²) < 4.78 is 0. The summed E-state index contributed by atoms with van der Waals surface area (Å²) in [7, 11) is 2.17. The van der Waals surface area contributed by atoms with Crippen molar-refractivity contribution < 1.29 is 0 Å². The van der Waals surface area contributed by atoms with Gasteiger partial charge in [0.1, 0.15) is 17.7 Å². The van der Waals surface area contributed by atoms with Crippen molar-refractivity contribution in [1.82, 2.24) is 9.88 Å². The molecule has 1 unspecified atom stereocenters. The molecule has 0 radical (unpaired) electrons. The second-order valence-electron chi connectivity index (χ2n) is 7.91. The quantitative estimate of drug-likeness (QED) is 0.846. The molecule has 3 heterocycles. The lowest BCUT2D eigenvalue weighted by molar-refractivity contribution is 0.155. The smallest absolute Gasteiger partial charge is 0.143 e. The van der Waals surface area contributed by atoms with Gasteiger partial charge in [-0.15, -0.1) is 0 Å². The van der Waals surface area contributed by atoms with Crippen molar-refractivity contribution in [2.24, 2.45) is 27.6 Å². The highest BCUT2D eigenvalue weighted by Crippen LogP contribution is 2.41. The molecule has 2 fully saturated rings. The number of likely N-dealkylation sites (N-methyl/N-ethyl adjacent to an activating group) is 1. The van der Waals surface area contributed by atoms with E-state index >= 15 is 0 Å². The molecule has 0 amide bonds. The summed E-state index contributed by atoms with van der Waals surface area (Å²) in [5.74, 6) is 2.49. The fourth-order valence-corrected chi connectivity index (χ4v) is 4.17. The number of anilines is 1. The van der Waals surface area contributed by atoms with Gasteiger partial charge in [0.15, 0.2) is 0 Å². The Morgan fingerprint density at radius 1 is 1.15 bits per heavy atom. The Morgan fingerprint density at radius 2 is 1.96 bits per heavy atom. The highest BCUT2D eigenvalue weighted by molar-refractivity contribution is 6.38. The van der Waals surface area contributed by atoms with Crippen molar-refractivity contribution in [2.75, 3.05) is 44.7 Å². The molecule has 1 saturated heterocycles. The molecule has 2 N–H and O–H groups in total. The van der Waals surface area contributed by atoms with Crippen LogP contribution in [0.1, 0.15) is 31.4 Å². The molecule has 2 aliphatic heterocycles. The Bertz CT molecular complexity index is 671. The van der Waals surface area contributed by atoms with E-state index < -0.39 is 0 Å². The van der Waals surface area contributed by atoms with E-state index in [4.69, 9.17) is 15.7 Å². The molecule has 6 nitrogen and oxygen atoms in total. The van der Waals surface area contributed by atoms with Gasteiger partial charge in [0.05, 0.1) is 11.9 Å². The Labute approximate surface area is 156 Å². The maximum absolute atomic E-state index is 5.61. The summed E-state index contributed by atoms with van der Waals surface area (Å²) >= 11 is 0. The van der Waals surface area contributed by atoms with Crippen molar-refractivity contribution in [2.45, 2.75) is 31.8 Å². The molecule has 6 heteroatoms. The normalized spacial score (nSPS) is 28.9. The summed E-state index contributed by atoms with van der Waals surface area (Å²) in [4.78, 5) is 19.1. The van der Waals surface area contributed by atoms with Gasteiger partial charge in [-0.3, -0.25) is 9.98 Å². The first-order chi connectivity index (χ1) is 12.7. The van der Waals surface area contributed by atoms with E-state index in [1.165, 1.54) is 19.3 Å². The van der Waals surface area contributed by atoms with Gasteiger partial charge in [0.25, 0.3) is 0 Å². The molecule has 0 bridgehead atoms. The highest BCUT2D eigenvalue weighted by Gasteiger charge is 2.35. The number of piperazine rings is 1. The van der Waals surface area contributed by atoms with Crippen LogP contribution in [0, 0.1) is 11.8 Å². The third-order valence-corrected chi connectivity index (χ3v) is 5.96. The number of aliphatic imine (C=N–C) groups is 2. The molecule has 3 aliphatic rings. The predicted octanol–water partition coefficient (Wildman–Crippen LogP) is 1.80. The van der Waals surface area contributed by atoms with Gasteiger partial charge >= 0.3 is 0 Å². The summed E-state index contributed by atoms with van der Waals surface area (Å²) in [5, 5.41) is 0. The van der Waals surface area contributed by atoms with Gasteiger partial charge in [-0.2, -0.15) is 0 Å². The lowest BCUT2D eigenvalue weighted by Gasteiger charge is -2.36. The zero-order valence-electron chi connectivity index (χ0n) is 15.7. The second-order valence-corrected chi connectivity index (χ2v) is 7.91. The molecule has 0 aromatic carbocycles. The lowest BCUT2D eigenvalue weighted by Crippen LogP contribution is -2.44. The number of hydrogen-bond acceptors (Lipinski definition) is 6. The molecule has 26 heavy (non-hydrogen) atoms. The Balaban J connectivity index is 1.38. The average molecular weight is 355 g/mol. The zero-order valence-corrected chi connectivity index (χ0v) is 15.7. The fourth-order valence-electron chi connectivity index (χ4n) is 4.17. The van der Waals surface area contributed by atoms with Crippen LogP contribution in [0.25, 0.3) is 0 Å². The van der Waals surface area contributed by atoms with Crippen LogP contribution in [-0.2, 0) is 0 Å². The number of aromatic nitrogens is 1. The highest BCUT2D eigenvalue weighted by atomic mass is 15.3. The maximum Gasteiger partial charge on any atom is 0.143 e. The minimum Gasteiger partial charge on any atom is -0.354 e. The first-order valence-electron chi connectivity index (χ1n) is 9.95. The van der Waals surface area contributed by atoms with Gasteiger partial charge in [-0.05, 0) is 57.3 Å². The van der Waals surface area contributed by atoms with E-state index in [9.17, 15) is 0 Å². The van der Waals surface area contributed by atoms with Crippen molar-refractivity contribution in [3.8, 4) is 0 Å². The van der Waals surface area contributed by atoms with E-state index in [0.29, 0.717) is 5.92 Å². The topological polar surface area (TPSA) is 70.1 Å². The summed E-state index contributed by atoms with van der Waals surface area (Å²) in [5.41, 5.74) is 7.50. The summed E-state index contributed by atoms with van der Waals surface area (Å²) in [6.07, 6.45) is 6.92. The van der Waals surface area contributed by atoms with Crippen LogP contribution in [0.3, 0.4) is 0 Å². The molecule has 1 aromatic rings. The Kier molecular flexibility index (Phi) is 5.31. The van der Waals surface area contributed by atoms with Crippen molar-refractivity contribution in [3.05, 3.63) is 23.9 Å². The zero-order chi connectivity index (χ0) is 17.9. The molecule has 0 spiro atoms. The molecular formula is C20H30N6. The maximum atomic E-state index is 5.61. The Hall–Kier alpha value is -1.79. The first kappa shape index (κ1) is 17.6. The van der Waals surface area contributed by atoms with Gasteiger partial charge in [0.2, 0.25) is 0 Å². The number of rotatable bonds is 6. The molecule has 4 rings (SSSR count). The fraction of sp³-hybridized carbons (Fsp3) is 0.650. The van der Waals surface area contributed by atoms with Crippen LogP contribution >= 0.6 is 0 Å². The molecular weight excluding hydrogens is 324 g/mol. The van der Waals surface area contributed by atoms with E-state index in [0.717, 1.165) is 62.3 Å². The van der Waals surface area contributed by atoms with Gasteiger partial charge in [0, 0.05) is 32.1 Å². The molecule has 1 aromatic heterocycles. The summed E-state index contributed by atoms with van der Waals surface area (Å²) in [6, 6.07) is 6.25.